The lowest BCUT2D eigenvalue weighted by molar-refractivity contribution is 0.164. The third-order valence-electron chi connectivity index (χ3n) is 4.84. The molecule has 2 aromatic carbocycles. The molecule has 1 heterocycles. The van der Waals surface area contributed by atoms with Crippen LogP contribution in [0.3, 0.4) is 0 Å². The van der Waals surface area contributed by atoms with Crippen LogP contribution in [0.5, 0.6) is 11.5 Å². The lowest BCUT2D eigenvalue weighted by Crippen LogP contribution is -2.39. The monoisotopic (exact) mass is 381 g/mol. The fourth-order valence-electron chi connectivity index (χ4n) is 3.30. The fraction of sp³-hybridized carbons (Fsp3) is 0.333. The first kappa shape index (κ1) is 19.5. The number of methoxy groups -OCH3 is 2. The highest BCUT2D eigenvalue weighted by Crippen LogP contribution is 2.29. The van der Waals surface area contributed by atoms with Crippen molar-refractivity contribution in [2.75, 3.05) is 20.8 Å². The molecule has 1 N–H and O–H groups in total. The molecule has 0 aliphatic rings. The number of nitriles is 1. The molecule has 7 heteroatoms. The first-order valence-corrected chi connectivity index (χ1v) is 8.84. The highest BCUT2D eigenvalue weighted by Gasteiger charge is 2.26. The summed E-state index contributed by atoms with van der Waals surface area (Å²) in [6.45, 7) is 3.70. The van der Waals surface area contributed by atoms with Gasteiger partial charge in [-0.3, -0.25) is 9.13 Å². The van der Waals surface area contributed by atoms with E-state index in [4.69, 9.17) is 9.47 Å². The Morgan fingerprint density at radius 1 is 1.07 bits per heavy atom. The molecule has 0 fully saturated rings. The van der Waals surface area contributed by atoms with E-state index < -0.39 is 5.54 Å². The summed E-state index contributed by atoms with van der Waals surface area (Å²) in [5, 5.41) is 19.1. The Hall–Kier alpha value is -3.24. The largest absolute Gasteiger partial charge is 0.493 e. The zero-order chi connectivity index (χ0) is 20.5. The Morgan fingerprint density at radius 3 is 2.39 bits per heavy atom. The summed E-state index contributed by atoms with van der Waals surface area (Å²) in [5.74, 6) is 1.18. The second kappa shape index (κ2) is 7.41. The van der Waals surface area contributed by atoms with Gasteiger partial charge in [0.2, 0.25) is 0 Å². The third kappa shape index (κ3) is 3.23. The van der Waals surface area contributed by atoms with E-state index in [-0.39, 0.29) is 12.3 Å². The van der Waals surface area contributed by atoms with Crippen molar-refractivity contribution in [2.45, 2.75) is 25.9 Å². The molecule has 0 radical (unpaired) electrons. The molecule has 0 spiro atoms. The molecular formula is C21H23N3O4. The quantitative estimate of drug-likeness (QED) is 0.708. The smallest absolute Gasteiger partial charge is 0.330 e. The molecule has 3 rings (SSSR count). The van der Waals surface area contributed by atoms with Crippen LogP contribution in [0, 0.1) is 11.3 Å². The van der Waals surface area contributed by atoms with Crippen molar-refractivity contribution in [1.29, 1.82) is 5.26 Å². The number of aliphatic hydroxyl groups is 1. The van der Waals surface area contributed by atoms with E-state index in [1.807, 2.05) is 12.1 Å². The minimum atomic E-state index is -0.785. The second-order valence-corrected chi connectivity index (χ2v) is 7.18. The first-order valence-electron chi connectivity index (χ1n) is 8.84. The van der Waals surface area contributed by atoms with Gasteiger partial charge in [0.25, 0.3) is 0 Å². The van der Waals surface area contributed by atoms with E-state index in [0.29, 0.717) is 34.6 Å². The highest BCUT2D eigenvalue weighted by atomic mass is 16.5. The van der Waals surface area contributed by atoms with Crippen molar-refractivity contribution < 1.29 is 14.6 Å². The standard InChI is InChI=1S/C21H23N3O4/c1-21(2,13-25)24-16-7-5-14(11-22)9-17(16)23(20(24)26)12-15-6-8-18(27-3)19(10-15)28-4/h5-10,25H,12-13H2,1-4H3. The van der Waals surface area contributed by atoms with Gasteiger partial charge in [-0.2, -0.15) is 5.26 Å². The molecule has 0 unspecified atom stereocenters. The second-order valence-electron chi connectivity index (χ2n) is 7.18. The molecule has 7 nitrogen and oxygen atoms in total. The van der Waals surface area contributed by atoms with E-state index in [0.717, 1.165) is 5.56 Å². The third-order valence-corrected chi connectivity index (χ3v) is 4.84. The van der Waals surface area contributed by atoms with E-state index in [1.54, 1.807) is 61.5 Å². The van der Waals surface area contributed by atoms with Gasteiger partial charge in [0.1, 0.15) is 0 Å². The Labute approximate surface area is 163 Å². The molecule has 0 atom stereocenters. The van der Waals surface area contributed by atoms with Crippen LogP contribution < -0.4 is 15.2 Å². The maximum Gasteiger partial charge on any atom is 0.330 e. The van der Waals surface area contributed by atoms with Gasteiger partial charge in [0, 0.05) is 0 Å². The molecule has 0 aliphatic heterocycles. The number of aliphatic hydroxyl groups excluding tert-OH is 1. The van der Waals surface area contributed by atoms with E-state index in [1.165, 1.54) is 0 Å². The molecule has 146 valence electrons. The predicted octanol–water partition coefficient (Wildman–Crippen LogP) is 2.47. The summed E-state index contributed by atoms with van der Waals surface area (Å²) in [6.07, 6.45) is 0. The average Bonchev–Trinajstić information content (AvgIpc) is 2.99. The number of fused-ring (bicyclic) bond motifs is 1. The number of imidazole rings is 1. The number of nitrogens with zero attached hydrogens (tertiary/aromatic N) is 3. The van der Waals surface area contributed by atoms with Gasteiger partial charge in [-0.25, -0.2) is 4.79 Å². The number of benzene rings is 2. The molecule has 28 heavy (non-hydrogen) atoms. The summed E-state index contributed by atoms with van der Waals surface area (Å²) in [5.41, 5.74) is 1.59. The fourth-order valence-corrected chi connectivity index (χ4v) is 3.30. The topological polar surface area (TPSA) is 89.4 Å². The zero-order valence-electron chi connectivity index (χ0n) is 16.4. The molecule has 0 amide bonds. The van der Waals surface area contributed by atoms with Gasteiger partial charge < -0.3 is 14.6 Å². The Kier molecular flexibility index (Phi) is 5.16. The van der Waals surface area contributed by atoms with Gasteiger partial charge in [-0.05, 0) is 49.7 Å². The minimum absolute atomic E-state index is 0.192. The number of hydrogen-bond acceptors (Lipinski definition) is 5. The summed E-state index contributed by atoms with van der Waals surface area (Å²) < 4.78 is 13.8. The molecular weight excluding hydrogens is 358 g/mol. The van der Waals surface area contributed by atoms with Crippen molar-refractivity contribution in [2.24, 2.45) is 0 Å². The molecule has 1 aromatic heterocycles. The van der Waals surface area contributed by atoms with Crippen LogP contribution in [0.2, 0.25) is 0 Å². The first-order chi connectivity index (χ1) is 13.4. The number of hydrogen-bond donors (Lipinski definition) is 1. The van der Waals surface area contributed by atoms with Crippen LogP contribution in [0.15, 0.2) is 41.2 Å². The molecule has 0 bridgehead atoms. The van der Waals surface area contributed by atoms with Gasteiger partial charge in [-0.15, -0.1) is 0 Å². The van der Waals surface area contributed by atoms with E-state index >= 15 is 0 Å². The molecule has 0 aliphatic carbocycles. The highest BCUT2D eigenvalue weighted by molar-refractivity contribution is 5.78. The summed E-state index contributed by atoms with van der Waals surface area (Å²) >= 11 is 0. The van der Waals surface area contributed by atoms with Crippen molar-refractivity contribution >= 4 is 11.0 Å². The van der Waals surface area contributed by atoms with Gasteiger partial charge in [0.05, 0.1) is 55.6 Å². The average molecular weight is 381 g/mol. The van der Waals surface area contributed by atoms with Gasteiger partial charge in [-0.1, -0.05) is 6.07 Å². The number of rotatable bonds is 6. The SMILES string of the molecule is COc1ccc(Cn2c(=O)n(C(C)(C)CO)c3ccc(C#N)cc32)cc1OC. The van der Waals surface area contributed by atoms with Crippen molar-refractivity contribution in [1.82, 2.24) is 9.13 Å². The molecule has 3 aromatic rings. The number of aromatic nitrogens is 2. The van der Waals surface area contributed by atoms with E-state index in [9.17, 15) is 15.2 Å². The van der Waals surface area contributed by atoms with Crippen LogP contribution >= 0.6 is 0 Å². The van der Waals surface area contributed by atoms with Gasteiger partial charge in [0.15, 0.2) is 11.5 Å². The predicted molar refractivity (Wildman–Crippen MR) is 106 cm³/mol. The van der Waals surface area contributed by atoms with Crippen molar-refractivity contribution in [3.63, 3.8) is 0 Å². The Morgan fingerprint density at radius 2 is 1.79 bits per heavy atom. The normalized spacial score (nSPS) is 11.4. The van der Waals surface area contributed by atoms with Crippen molar-refractivity contribution in [3.8, 4) is 17.6 Å². The minimum Gasteiger partial charge on any atom is -0.493 e. The lowest BCUT2D eigenvalue weighted by atomic mass is 10.1. The lowest BCUT2D eigenvalue weighted by Gasteiger charge is -2.23. The summed E-state index contributed by atoms with van der Waals surface area (Å²) in [4.78, 5) is 13.3. The maximum atomic E-state index is 13.3. The maximum absolute atomic E-state index is 13.3. The van der Waals surface area contributed by atoms with Gasteiger partial charge >= 0.3 is 5.69 Å². The summed E-state index contributed by atoms with van der Waals surface area (Å²) in [7, 11) is 3.12. The van der Waals surface area contributed by atoms with Crippen LogP contribution in [0.4, 0.5) is 0 Å². The molecule has 0 saturated heterocycles. The zero-order valence-corrected chi connectivity index (χ0v) is 16.4. The number of ether oxygens (including phenoxy) is 2. The summed E-state index contributed by atoms with van der Waals surface area (Å²) in [6, 6.07) is 12.7. The van der Waals surface area contributed by atoms with Crippen molar-refractivity contribution in [3.05, 3.63) is 58.0 Å². The van der Waals surface area contributed by atoms with E-state index in [2.05, 4.69) is 6.07 Å². The van der Waals surface area contributed by atoms with Crippen LogP contribution in [-0.2, 0) is 12.1 Å². The molecule has 0 saturated carbocycles. The van der Waals surface area contributed by atoms with Crippen LogP contribution in [0.25, 0.3) is 11.0 Å². The van der Waals surface area contributed by atoms with Crippen LogP contribution in [0.1, 0.15) is 25.0 Å². The Bertz CT molecular complexity index is 1120. The Balaban J connectivity index is 2.22. The van der Waals surface area contributed by atoms with Crippen LogP contribution in [-0.4, -0.2) is 35.1 Å².